The Balaban J connectivity index is 2.03. The average Bonchev–Trinajstić information content (AvgIpc) is 2.64. The molecule has 0 atom stereocenters. The molecule has 7 heteroatoms. The number of benzene rings is 1. The van der Waals surface area contributed by atoms with Gasteiger partial charge < -0.3 is 20.9 Å². The molecule has 0 aliphatic carbocycles. The Labute approximate surface area is 108 Å². The minimum absolute atomic E-state index is 0.0683. The fraction of sp³-hybridized carbons (Fsp3) is 0.0909. The van der Waals surface area contributed by atoms with Gasteiger partial charge >= 0.3 is 6.03 Å². The number of aryl methyl sites for hydroxylation is 1. The third-order valence-electron chi connectivity index (χ3n) is 2.23. The maximum Gasteiger partial charge on any atom is 0.323 e. The van der Waals surface area contributed by atoms with Gasteiger partial charge in [0.1, 0.15) is 11.4 Å². The number of hydrogen-bond donors (Lipinski definition) is 3. The van der Waals surface area contributed by atoms with Crippen molar-refractivity contribution in [1.82, 2.24) is 5.16 Å². The van der Waals surface area contributed by atoms with E-state index in [9.17, 15) is 4.79 Å². The van der Waals surface area contributed by atoms with Crippen molar-refractivity contribution in [3.63, 3.8) is 0 Å². The van der Waals surface area contributed by atoms with Gasteiger partial charge in [0.05, 0.1) is 0 Å². The summed E-state index contributed by atoms with van der Waals surface area (Å²) in [6, 6.07) is 6.29. The van der Waals surface area contributed by atoms with Crippen LogP contribution in [0.5, 0.6) is 0 Å². The highest BCUT2D eigenvalue weighted by atomic mass is 35.5. The second-order valence-electron chi connectivity index (χ2n) is 3.59. The smallest absolute Gasteiger partial charge is 0.323 e. The molecule has 1 aromatic carbocycles. The third kappa shape index (κ3) is 2.72. The number of amides is 2. The van der Waals surface area contributed by atoms with Crippen LogP contribution in [-0.2, 0) is 0 Å². The quantitative estimate of drug-likeness (QED) is 0.779. The van der Waals surface area contributed by atoms with Crippen LogP contribution < -0.4 is 16.4 Å². The molecule has 0 spiro atoms. The summed E-state index contributed by atoms with van der Waals surface area (Å²) in [4.78, 5) is 11.7. The summed E-state index contributed by atoms with van der Waals surface area (Å²) in [6.07, 6.45) is 0. The van der Waals surface area contributed by atoms with E-state index in [1.165, 1.54) is 0 Å². The zero-order valence-corrected chi connectivity index (χ0v) is 10.3. The van der Waals surface area contributed by atoms with E-state index in [0.717, 1.165) is 0 Å². The molecule has 1 heterocycles. The Morgan fingerprint density at radius 2 is 2.00 bits per heavy atom. The van der Waals surface area contributed by atoms with E-state index < -0.39 is 6.03 Å². The molecule has 0 saturated carbocycles. The van der Waals surface area contributed by atoms with Crippen molar-refractivity contribution in [1.29, 1.82) is 0 Å². The SMILES string of the molecule is Cc1noc(N)c1NC(=O)Nc1ccc(Cl)cc1. The van der Waals surface area contributed by atoms with Crippen LogP contribution >= 0.6 is 11.6 Å². The van der Waals surface area contributed by atoms with Gasteiger partial charge in [-0.2, -0.15) is 0 Å². The van der Waals surface area contributed by atoms with Crippen LogP contribution in [0.4, 0.5) is 22.1 Å². The molecule has 1 aromatic heterocycles. The van der Waals surface area contributed by atoms with Crippen molar-refractivity contribution < 1.29 is 9.32 Å². The highest BCUT2D eigenvalue weighted by Gasteiger charge is 2.12. The van der Waals surface area contributed by atoms with Crippen molar-refractivity contribution in [3.8, 4) is 0 Å². The predicted octanol–water partition coefficient (Wildman–Crippen LogP) is 2.86. The van der Waals surface area contributed by atoms with E-state index in [0.29, 0.717) is 22.1 Å². The number of nitrogens with one attached hydrogen (secondary N) is 2. The number of halogens is 1. The number of anilines is 3. The molecule has 18 heavy (non-hydrogen) atoms. The van der Waals surface area contributed by atoms with Crippen LogP contribution in [0.2, 0.25) is 5.02 Å². The molecule has 0 saturated heterocycles. The number of urea groups is 1. The Kier molecular flexibility index (Phi) is 3.38. The zero-order chi connectivity index (χ0) is 13.1. The summed E-state index contributed by atoms with van der Waals surface area (Å²) in [7, 11) is 0. The lowest BCUT2D eigenvalue weighted by Crippen LogP contribution is -2.20. The maximum absolute atomic E-state index is 11.7. The summed E-state index contributed by atoms with van der Waals surface area (Å²) < 4.78 is 4.73. The molecule has 0 fully saturated rings. The minimum Gasteiger partial charge on any atom is -0.366 e. The molecule has 0 aliphatic rings. The summed E-state index contributed by atoms with van der Waals surface area (Å²) in [5.74, 6) is 0.0683. The summed E-state index contributed by atoms with van der Waals surface area (Å²) in [5, 5.41) is 9.41. The molecule has 2 amide bonds. The number of hydrogen-bond acceptors (Lipinski definition) is 4. The summed E-state index contributed by atoms with van der Waals surface area (Å²) in [6.45, 7) is 1.68. The van der Waals surface area contributed by atoms with Gasteiger partial charge in [-0.3, -0.25) is 0 Å². The number of rotatable bonds is 2. The normalized spacial score (nSPS) is 10.1. The van der Waals surface area contributed by atoms with Crippen molar-refractivity contribution in [2.45, 2.75) is 6.92 Å². The molecule has 2 rings (SSSR count). The lowest BCUT2D eigenvalue weighted by molar-refractivity contribution is 0.262. The van der Waals surface area contributed by atoms with E-state index in [-0.39, 0.29) is 5.88 Å². The second kappa shape index (κ2) is 4.97. The molecule has 0 radical (unpaired) electrons. The first-order valence-electron chi connectivity index (χ1n) is 5.11. The molecule has 94 valence electrons. The number of carbonyl (C=O) groups excluding carboxylic acids is 1. The van der Waals surface area contributed by atoms with Gasteiger partial charge in [-0.1, -0.05) is 16.8 Å². The topological polar surface area (TPSA) is 93.2 Å². The number of nitrogens with two attached hydrogens (primary N) is 1. The highest BCUT2D eigenvalue weighted by molar-refractivity contribution is 6.30. The zero-order valence-electron chi connectivity index (χ0n) is 9.53. The van der Waals surface area contributed by atoms with E-state index in [1.54, 1.807) is 31.2 Å². The van der Waals surface area contributed by atoms with E-state index in [2.05, 4.69) is 15.8 Å². The first-order valence-corrected chi connectivity index (χ1v) is 5.49. The fourth-order valence-electron chi connectivity index (χ4n) is 1.35. The van der Waals surface area contributed by atoms with E-state index in [1.807, 2.05) is 0 Å². The van der Waals surface area contributed by atoms with Crippen molar-refractivity contribution in [2.24, 2.45) is 0 Å². The van der Waals surface area contributed by atoms with Crippen LogP contribution in [0.1, 0.15) is 5.69 Å². The second-order valence-corrected chi connectivity index (χ2v) is 4.03. The first kappa shape index (κ1) is 12.3. The van der Waals surface area contributed by atoms with Gasteiger partial charge in [-0.25, -0.2) is 4.79 Å². The van der Waals surface area contributed by atoms with E-state index >= 15 is 0 Å². The van der Waals surface area contributed by atoms with Crippen molar-refractivity contribution >= 4 is 34.9 Å². The Hall–Kier alpha value is -2.21. The number of nitrogens with zero attached hydrogens (tertiary/aromatic N) is 1. The highest BCUT2D eigenvalue weighted by Crippen LogP contribution is 2.22. The fourth-order valence-corrected chi connectivity index (χ4v) is 1.47. The van der Waals surface area contributed by atoms with Crippen LogP contribution in [0, 0.1) is 6.92 Å². The van der Waals surface area contributed by atoms with Gasteiger partial charge in [0.15, 0.2) is 0 Å². The Morgan fingerprint density at radius 1 is 1.33 bits per heavy atom. The summed E-state index contributed by atoms with van der Waals surface area (Å²) in [5.41, 5.74) is 7.00. The lowest BCUT2D eigenvalue weighted by Gasteiger charge is -2.06. The van der Waals surface area contributed by atoms with E-state index in [4.69, 9.17) is 21.9 Å². The molecular formula is C11H11ClN4O2. The molecule has 0 unspecified atom stereocenters. The van der Waals surface area contributed by atoms with Crippen LogP contribution in [-0.4, -0.2) is 11.2 Å². The number of carbonyl (C=O) groups is 1. The van der Waals surface area contributed by atoms with Gasteiger partial charge in [0.25, 0.3) is 0 Å². The first-order chi connectivity index (χ1) is 8.56. The molecular weight excluding hydrogens is 256 g/mol. The lowest BCUT2D eigenvalue weighted by atomic mass is 10.3. The van der Waals surface area contributed by atoms with Crippen LogP contribution in [0.3, 0.4) is 0 Å². The molecule has 6 nitrogen and oxygen atoms in total. The Bertz CT molecular complexity index is 545. The standard InChI is InChI=1S/C11H11ClN4O2/c1-6-9(10(13)18-16-6)15-11(17)14-8-4-2-7(12)3-5-8/h2-5H,13H2,1H3,(H2,14,15,17). The number of nitrogen functional groups attached to an aromatic ring is 1. The molecule has 4 N–H and O–H groups in total. The van der Waals surface area contributed by atoms with Gasteiger partial charge in [0.2, 0.25) is 5.88 Å². The number of aromatic nitrogens is 1. The van der Waals surface area contributed by atoms with Crippen molar-refractivity contribution in [3.05, 3.63) is 35.0 Å². The van der Waals surface area contributed by atoms with Gasteiger partial charge in [0, 0.05) is 10.7 Å². The summed E-state index contributed by atoms with van der Waals surface area (Å²) >= 11 is 5.74. The maximum atomic E-state index is 11.7. The predicted molar refractivity (Wildman–Crippen MR) is 69.7 cm³/mol. The van der Waals surface area contributed by atoms with Crippen LogP contribution in [0.15, 0.2) is 28.8 Å². The largest absolute Gasteiger partial charge is 0.366 e. The van der Waals surface area contributed by atoms with Gasteiger partial charge in [-0.05, 0) is 31.2 Å². The molecule has 2 aromatic rings. The monoisotopic (exact) mass is 266 g/mol. The Morgan fingerprint density at radius 3 is 2.56 bits per heavy atom. The molecule has 0 aliphatic heterocycles. The van der Waals surface area contributed by atoms with Crippen LogP contribution in [0.25, 0.3) is 0 Å². The van der Waals surface area contributed by atoms with Crippen molar-refractivity contribution in [2.75, 3.05) is 16.4 Å². The third-order valence-corrected chi connectivity index (χ3v) is 2.48. The van der Waals surface area contributed by atoms with Gasteiger partial charge in [-0.15, -0.1) is 0 Å². The minimum atomic E-state index is -0.435. The average molecular weight is 267 g/mol. The molecule has 0 bridgehead atoms.